The van der Waals surface area contributed by atoms with E-state index in [1.807, 2.05) is 52.7 Å². The van der Waals surface area contributed by atoms with Gasteiger partial charge in [0.15, 0.2) is 0 Å². The second kappa shape index (κ2) is 10.1. The number of rotatable bonds is 7. The summed E-state index contributed by atoms with van der Waals surface area (Å²) >= 11 is 1.62. The van der Waals surface area contributed by atoms with Crippen LogP contribution in [-0.4, -0.2) is 73.3 Å². The molecule has 1 aromatic carbocycles. The summed E-state index contributed by atoms with van der Waals surface area (Å²) < 4.78 is 0. The molecule has 2 aliphatic rings. The van der Waals surface area contributed by atoms with Gasteiger partial charge in [-0.3, -0.25) is 19.3 Å². The Morgan fingerprint density at radius 2 is 1.81 bits per heavy atom. The highest BCUT2D eigenvalue weighted by Crippen LogP contribution is 2.24. The van der Waals surface area contributed by atoms with Crippen LogP contribution in [0.2, 0.25) is 0 Å². The largest absolute Gasteiger partial charge is 0.355 e. The monoisotopic (exact) mass is 440 g/mol. The lowest BCUT2D eigenvalue weighted by Gasteiger charge is -2.34. The summed E-state index contributed by atoms with van der Waals surface area (Å²) in [6.45, 7) is 4.81. The van der Waals surface area contributed by atoms with Crippen molar-refractivity contribution in [3.05, 3.63) is 52.7 Å². The van der Waals surface area contributed by atoms with Crippen molar-refractivity contribution in [3.63, 3.8) is 0 Å². The van der Waals surface area contributed by atoms with Crippen LogP contribution in [0.15, 0.2) is 47.8 Å². The van der Waals surface area contributed by atoms with E-state index in [1.54, 1.807) is 16.2 Å². The fraction of sp³-hybridized carbons (Fsp3) is 0.435. The summed E-state index contributed by atoms with van der Waals surface area (Å²) in [4.78, 5) is 44.2. The van der Waals surface area contributed by atoms with Gasteiger partial charge in [-0.2, -0.15) is 0 Å². The van der Waals surface area contributed by atoms with Gasteiger partial charge in [-0.25, -0.2) is 0 Å². The first-order chi connectivity index (χ1) is 15.1. The molecular weight excluding hydrogens is 412 g/mol. The number of nitrogens with one attached hydrogen (secondary N) is 1. The van der Waals surface area contributed by atoms with Crippen LogP contribution in [-0.2, 0) is 20.8 Å². The zero-order valence-electron chi connectivity index (χ0n) is 17.5. The van der Waals surface area contributed by atoms with Crippen LogP contribution in [0.25, 0.3) is 0 Å². The van der Waals surface area contributed by atoms with Crippen molar-refractivity contribution in [1.29, 1.82) is 0 Å². The van der Waals surface area contributed by atoms with Crippen LogP contribution < -0.4 is 10.2 Å². The lowest BCUT2D eigenvalue weighted by molar-refractivity contribution is -0.132. The lowest BCUT2D eigenvalue weighted by Crippen LogP contribution is -2.50. The summed E-state index contributed by atoms with van der Waals surface area (Å²) in [7, 11) is 0. The minimum Gasteiger partial charge on any atom is -0.355 e. The maximum absolute atomic E-state index is 12.5. The van der Waals surface area contributed by atoms with Gasteiger partial charge >= 0.3 is 0 Å². The quantitative estimate of drug-likeness (QED) is 0.710. The zero-order chi connectivity index (χ0) is 21.6. The van der Waals surface area contributed by atoms with Gasteiger partial charge in [0.1, 0.15) is 0 Å². The highest BCUT2D eigenvalue weighted by Gasteiger charge is 2.35. The van der Waals surface area contributed by atoms with Crippen molar-refractivity contribution in [2.75, 3.05) is 50.7 Å². The van der Waals surface area contributed by atoms with Gasteiger partial charge in [-0.05, 0) is 23.6 Å². The highest BCUT2D eigenvalue weighted by molar-refractivity contribution is 7.10. The number of para-hydroxylation sites is 1. The highest BCUT2D eigenvalue weighted by atomic mass is 32.1. The molecule has 31 heavy (non-hydrogen) atoms. The molecule has 3 amide bonds. The van der Waals surface area contributed by atoms with Gasteiger partial charge in [0.25, 0.3) is 0 Å². The molecule has 1 aromatic heterocycles. The van der Waals surface area contributed by atoms with Crippen LogP contribution in [0.5, 0.6) is 0 Å². The Morgan fingerprint density at radius 1 is 1.03 bits per heavy atom. The van der Waals surface area contributed by atoms with E-state index < -0.39 is 0 Å². The van der Waals surface area contributed by atoms with Gasteiger partial charge in [-0.1, -0.05) is 24.3 Å². The van der Waals surface area contributed by atoms with Crippen molar-refractivity contribution in [2.45, 2.75) is 12.8 Å². The van der Waals surface area contributed by atoms with E-state index in [0.717, 1.165) is 43.3 Å². The smallest absolute Gasteiger partial charge is 0.227 e. The molecule has 8 heteroatoms. The number of carbonyl (C=O) groups is 3. The number of carbonyl (C=O) groups excluding carboxylic acids is 3. The number of hydrogen-bond donors (Lipinski definition) is 1. The number of nitrogens with zero attached hydrogens (tertiary/aromatic N) is 3. The number of amides is 3. The Morgan fingerprint density at radius 3 is 2.52 bits per heavy atom. The predicted octanol–water partition coefficient (Wildman–Crippen LogP) is 1.60. The maximum Gasteiger partial charge on any atom is 0.227 e. The third-order valence-electron chi connectivity index (χ3n) is 5.92. The molecule has 1 N–H and O–H groups in total. The fourth-order valence-corrected chi connectivity index (χ4v) is 4.81. The number of piperazine rings is 1. The Bertz CT molecular complexity index is 895. The average molecular weight is 441 g/mol. The van der Waals surface area contributed by atoms with Gasteiger partial charge in [-0.15, -0.1) is 11.3 Å². The molecule has 1 unspecified atom stereocenters. The minimum absolute atomic E-state index is 0.00492. The number of anilines is 1. The molecule has 0 saturated carbocycles. The number of benzene rings is 1. The fourth-order valence-electron chi connectivity index (χ4n) is 4.12. The average Bonchev–Trinajstić information content (AvgIpc) is 3.44. The van der Waals surface area contributed by atoms with Crippen molar-refractivity contribution >= 4 is 34.7 Å². The van der Waals surface area contributed by atoms with E-state index in [9.17, 15) is 14.4 Å². The Hall–Kier alpha value is -2.71. The van der Waals surface area contributed by atoms with Gasteiger partial charge in [0.2, 0.25) is 17.7 Å². The lowest BCUT2D eigenvalue weighted by atomic mass is 10.1. The van der Waals surface area contributed by atoms with Crippen LogP contribution in [0.4, 0.5) is 5.69 Å². The van der Waals surface area contributed by atoms with Crippen molar-refractivity contribution in [2.24, 2.45) is 5.92 Å². The molecule has 2 aromatic rings. The van der Waals surface area contributed by atoms with E-state index in [0.29, 0.717) is 19.5 Å². The second-order valence-electron chi connectivity index (χ2n) is 8.01. The summed E-state index contributed by atoms with van der Waals surface area (Å²) in [6, 6.07) is 13.5. The Balaban J connectivity index is 1.15. The van der Waals surface area contributed by atoms with Crippen LogP contribution in [0.3, 0.4) is 0 Å². The van der Waals surface area contributed by atoms with Gasteiger partial charge in [0.05, 0.1) is 12.3 Å². The van der Waals surface area contributed by atoms with E-state index >= 15 is 0 Å². The molecule has 0 aliphatic carbocycles. The Kier molecular flexibility index (Phi) is 6.99. The molecule has 2 aliphatic heterocycles. The van der Waals surface area contributed by atoms with Crippen LogP contribution in [0, 0.1) is 5.92 Å². The number of thiophene rings is 1. The Labute approximate surface area is 186 Å². The molecule has 164 valence electrons. The summed E-state index contributed by atoms with van der Waals surface area (Å²) in [5.74, 6) is -0.185. The first kappa shape index (κ1) is 21.5. The SMILES string of the molecule is O=C(NCCN1CCN(C(=O)Cc2cccs2)CC1)C1CC(=O)N(c2ccccc2)C1. The van der Waals surface area contributed by atoms with Crippen molar-refractivity contribution in [1.82, 2.24) is 15.1 Å². The van der Waals surface area contributed by atoms with E-state index in [-0.39, 0.29) is 30.1 Å². The summed E-state index contributed by atoms with van der Waals surface area (Å²) in [6.07, 6.45) is 0.736. The van der Waals surface area contributed by atoms with E-state index in [4.69, 9.17) is 0 Å². The van der Waals surface area contributed by atoms with Crippen molar-refractivity contribution < 1.29 is 14.4 Å². The molecule has 4 rings (SSSR count). The third kappa shape index (κ3) is 5.51. The molecule has 7 nitrogen and oxygen atoms in total. The first-order valence-electron chi connectivity index (χ1n) is 10.8. The van der Waals surface area contributed by atoms with Gasteiger partial charge < -0.3 is 15.1 Å². The molecular formula is C23H28N4O3S. The molecule has 0 bridgehead atoms. The molecule has 1 atom stereocenters. The second-order valence-corrected chi connectivity index (χ2v) is 9.04. The molecule has 3 heterocycles. The van der Waals surface area contributed by atoms with E-state index in [1.165, 1.54) is 0 Å². The van der Waals surface area contributed by atoms with Crippen LogP contribution >= 0.6 is 11.3 Å². The first-order valence-corrected chi connectivity index (χ1v) is 11.6. The molecule has 2 fully saturated rings. The summed E-state index contributed by atoms with van der Waals surface area (Å²) in [5.41, 5.74) is 0.842. The number of hydrogen-bond acceptors (Lipinski definition) is 5. The van der Waals surface area contributed by atoms with Crippen LogP contribution in [0.1, 0.15) is 11.3 Å². The zero-order valence-corrected chi connectivity index (χ0v) is 18.4. The third-order valence-corrected chi connectivity index (χ3v) is 6.80. The topological polar surface area (TPSA) is 73.0 Å². The maximum atomic E-state index is 12.5. The molecule has 2 saturated heterocycles. The molecule has 0 spiro atoms. The standard InChI is InChI=1S/C23H28N4O3S/c28-21(16-20-7-4-14-31-20)26-12-10-25(11-13-26)9-8-24-23(30)18-15-22(29)27(17-18)19-5-2-1-3-6-19/h1-7,14,18H,8-13,15-17H2,(H,24,30). The predicted molar refractivity (Wildman–Crippen MR) is 121 cm³/mol. The summed E-state index contributed by atoms with van der Waals surface area (Å²) in [5, 5.41) is 4.99. The van der Waals surface area contributed by atoms with Crippen molar-refractivity contribution in [3.8, 4) is 0 Å². The van der Waals surface area contributed by atoms with Gasteiger partial charge in [0, 0.05) is 62.8 Å². The molecule has 0 radical (unpaired) electrons. The van der Waals surface area contributed by atoms with E-state index in [2.05, 4.69) is 10.2 Å². The normalized spacial score (nSPS) is 19.6. The minimum atomic E-state index is -0.306.